The van der Waals surface area contributed by atoms with Crippen LogP contribution in [0.25, 0.3) is 0 Å². The van der Waals surface area contributed by atoms with Crippen molar-refractivity contribution in [1.82, 2.24) is 4.90 Å². The van der Waals surface area contributed by atoms with Crippen molar-refractivity contribution in [2.75, 3.05) is 13.2 Å². The maximum absolute atomic E-state index is 8.83. The lowest BCUT2D eigenvalue weighted by atomic mass is 10.2. The molecular formula is C7H13N2O. The molecule has 0 aromatic carbocycles. The molecular weight excluding hydrogens is 128 g/mol. The number of hydrogen-bond donors (Lipinski definition) is 2. The Kier molecular flexibility index (Phi) is 2.27. The SMILES string of the molecule is CC(=N)N1C[CH]CC1CO. The molecule has 1 saturated heterocycles. The second kappa shape index (κ2) is 3.01. The van der Waals surface area contributed by atoms with Gasteiger partial charge in [-0.2, -0.15) is 0 Å². The summed E-state index contributed by atoms with van der Waals surface area (Å²) in [5.41, 5.74) is 0. The molecule has 0 aromatic heterocycles. The summed E-state index contributed by atoms with van der Waals surface area (Å²) in [6.45, 7) is 2.73. The Morgan fingerprint density at radius 2 is 2.60 bits per heavy atom. The maximum atomic E-state index is 8.83. The van der Waals surface area contributed by atoms with Crippen LogP contribution in [0.3, 0.4) is 0 Å². The fraction of sp³-hybridized carbons (Fsp3) is 0.714. The third-order valence-electron chi connectivity index (χ3n) is 1.85. The van der Waals surface area contributed by atoms with E-state index in [1.807, 2.05) is 4.90 Å². The highest BCUT2D eigenvalue weighted by Crippen LogP contribution is 2.15. The van der Waals surface area contributed by atoms with Crippen molar-refractivity contribution >= 4 is 5.84 Å². The van der Waals surface area contributed by atoms with Crippen LogP contribution in [-0.2, 0) is 0 Å². The molecule has 3 nitrogen and oxygen atoms in total. The first-order chi connectivity index (χ1) is 4.75. The van der Waals surface area contributed by atoms with E-state index >= 15 is 0 Å². The van der Waals surface area contributed by atoms with Crippen LogP contribution in [0.2, 0.25) is 0 Å². The molecule has 1 heterocycles. The summed E-state index contributed by atoms with van der Waals surface area (Å²) < 4.78 is 0. The number of nitrogens with one attached hydrogen (secondary N) is 1. The maximum Gasteiger partial charge on any atom is 0.0929 e. The Bertz CT molecular complexity index is 136. The number of hydrogen-bond acceptors (Lipinski definition) is 2. The zero-order valence-corrected chi connectivity index (χ0v) is 6.17. The van der Waals surface area contributed by atoms with Gasteiger partial charge in [-0.15, -0.1) is 0 Å². The highest BCUT2D eigenvalue weighted by Gasteiger charge is 2.23. The highest BCUT2D eigenvalue weighted by molar-refractivity contribution is 5.77. The Hall–Kier alpha value is -0.570. The van der Waals surface area contributed by atoms with E-state index in [0.717, 1.165) is 13.0 Å². The number of aliphatic hydroxyl groups is 1. The molecule has 1 fully saturated rings. The first-order valence-electron chi connectivity index (χ1n) is 3.50. The van der Waals surface area contributed by atoms with Gasteiger partial charge in [-0.3, -0.25) is 5.41 Å². The van der Waals surface area contributed by atoms with Crippen LogP contribution in [0.5, 0.6) is 0 Å². The third kappa shape index (κ3) is 1.29. The summed E-state index contributed by atoms with van der Waals surface area (Å²) in [6.07, 6.45) is 3.01. The largest absolute Gasteiger partial charge is 0.394 e. The first kappa shape index (κ1) is 7.54. The Balaban J connectivity index is 2.50. The van der Waals surface area contributed by atoms with Crippen molar-refractivity contribution in [3.05, 3.63) is 6.42 Å². The summed E-state index contributed by atoms with van der Waals surface area (Å²) in [7, 11) is 0. The van der Waals surface area contributed by atoms with E-state index in [1.165, 1.54) is 0 Å². The molecule has 0 aromatic rings. The zero-order valence-electron chi connectivity index (χ0n) is 6.17. The lowest BCUT2D eigenvalue weighted by molar-refractivity contribution is 0.207. The predicted octanol–water partition coefficient (Wildman–Crippen LogP) is 0.254. The van der Waals surface area contributed by atoms with Crippen LogP contribution in [0.1, 0.15) is 13.3 Å². The van der Waals surface area contributed by atoms with Crippen molar-refractivity contribution in [3.8, 4) is 0 Å². The molecule has 0 aliphatic carbocycles. The highest BCUT2D eigenvalue weighted by atomic mass is 16.3. The summed E-state index contributed by atoms with van der Waals surface area (Å²) in [6, 6.07) is 0.164. The average molecular weight is 141 g/mol. The van der Waals surface area contributed by atoms with Crippen molar-refractivity contribution in [3.63, 3.8) is 0 Å². The minimum absolute atomic E-state index is 0.159. The van der Waals surface area contributed by atoms with Gasteiger partial charge in [-0.25, -0.2) is 0 Å². The summed E-state index contributed by atoms with van der Waals surface area (Å²) >= 11 is 0. The van der Waals surface area contributed by atoms with Gasteiger partial charge in [0.05, 0.1) is 18.5 Å². The minimum atomic E-state index is 0.159. The van der Waals surface area contributed by atoms with Gasteiger partial charge in [0.15, 0.2) is 0 Å². The van der Waals surface area contributed by atoms with Gasteiger partial charge in [0.25, 0.3) is 0 Å². The fourth-order valence-electron chi connectivity index (χ4n) is 1.27. The predicted molar refractivity (Wildman–Crippen MR) is 39.9 cm³/mol. The second-order valence-electron chi connectivity index (χ2n) is 2.60. The summed E-state index contributed by atoms with van der Waals surface area (Å²) in [4.78, 5) is 1.90. The van der Waals surface area contributed by atoms with Crippen LogP contribution in [0, 0.1) is 11.8 Å². The van der Waals surface area contributed by atoms with Gasteiger partial charge < -0.3 is 10.0 Å². The second-order valence-corrected chi connectivity index (χ2v) is 2.60. The van der Waals surface area contributed by atoms with Crippen LogP contribution in [0.4, 0.5) is 0 Å². The van der Waals surface area contributed by atoms with E-state index in [-0.39, 0.29) is 12.6 Å². The number of nitrogens with zero attached hydrogens (tertiary/aromatic N) is 1. The van der Waals surface area contributed by atoms with Gasteiger partial charge in [-0.05, 0) is 19.8 Å². The van der Waals surface area contributed by atoms with Crippen LogP contribution in [0.15, 0.2) is 0 Å². The summed E-state index contributed by atoms with van der Waals surface area (Å²) in [5, 5.41) is 16.1. The van der Waals surface area contributed by atoms with E-state index in [4.69, 9.17) is 10.5 Å². The lowest BCUT2D eigenvalue weighted by Crippen LogP contribution is -2.35. The monoisotopic (exact) mass is 141 g/mol. The molecule has 57 valence electrons. The van der Waals surface area contributed by atoms with Gasteiger partial charge in [-0.1, -0.05) is 0 Å². The van der Waals surface area contributed by atoms with Gasteiger partial charge in [0.2, 0.25) is 0 Å². The van der Waals surface area contributed by atoms with Crippen molar-refractivity contribution in [2.24, 2.45) is 0 Å². The molecule has 0 bridgehead atoms. The molecule has 1 aliphatic heterocycles. The topological polar surface area (TPSA) is 47.3 Å². The lowest BCUT2D eigenvalue weighted by Gasteiger charge is -2.22. The Morgan fingerprint density at radius 1 is 1.90 bits per heavy atom. The van der Waals surface area contributed by atoms with Gasteiger partial charge in [0.1, 0.15) is 0 Å². The number of likely N-dealkylation sites (tertiary alicyclic amines) is 1. The first-order valence-corrected chi connectivity index (χ1v) is 3.50. The van der Waals surface area contributed by atoms with Gasteiger partial charge in [0, 0.05) is 6.54 Å². The standard InChI is InChI=1S/C7H13N2O/c1-6(8)9-4-2-3-7(9)5-10/h2,7-8,10H,3-5H2,1H3. The molecule has 3 heteroatoms. The minimum Gasteiger partial charge on any atom is -0.394 e. The molecule has 2 N–H and O–H groups in total. The molecule has 10 heavy (non-hydrogen) atoms. The Morgan fingerprint density at radius 3 is 3.00 bits per heavy atom. The molecule has 1 unspecified atom stereocenters. The van der Waals surface area contributed by atoms with Crippen LogP contribution in [-0.4, -0.2) is 35.0 Å². The van der Waals surface area contributed by atoms with Crippen LogP contribution < -0.4 is 0 Å². The number of rotatable bonds is 1. The van der Waals surface area contributed by atoms with E-state index in [2.05, 4.69) is 6.42 Å². The van der Waals surface area contributed by atoms with Crippen molar-refractivity contribution in [2.45, 2.75) is 19.4 Å². The number of aliphatic hydroxyl groups excluding tert-OH is 1. The fourth-order valence-corrected chi connectivity index (χ4v) is 1.27. The Labute approximate surface area is 61.2 Å². The zero-order chi connectivity index (χ0) is 7.56. The molecule has 1 rings (SSSR count). The van der Waals surface area contributed by atoms with Crippen LogP contribution >= 0.6 is 0 Å². The van der Waals surface area contributed by atoms with E-state index in [9.17, 15) is 0 Å². The molecule has 0 spiro atoms. The smallest absolute Gasteiger partial charge is 0.0929 e. The van der Waals surface area contributed by atoms with E-state index < -0.39 is 0 Å². The van der Waals surface area contributed by atoms with Gasteiger partial charge >= 0.3 is 0 Å². The van der Waals surface area contributed by atoms with Crippen molar-refractivity contribution in [1.29, 1.82) is 5.41 Å². The molecule has 0 saturated carbocycles. The normalized spacial score (nSPS) is 25.4. The quantitative estimate of drug-likeness (QED) is 0.406. The average Bonchev–Trinajstić information content (AvgIpc) is 2.33. The third-order valence-corrected chi connectivity index (χ3v) is 1.85. The summed E-state index contributed by atoms with van der Waals surface area (Å²) in [5.74, 6) is 0.549. The van der Waals surface area contributed by atoms with E-state index in [1.54, 1.807) is 6.92 Å². The molecule has 1 aliphatic rings. The molecule has 0 amide bonds. The number of amidine groups is 1. The van der Waals surface area contributed by atoms with E-state index in [0.29, 0.717) is 5.84 Å². The van der Waals surface area contributed by atoms with Crippen molar-refractivity contribution < 1.29 is 5.11 Å². The molecule has 1 radical (unpaired) electrons. The molecule has 1 atom stereocenters.